The van der Waals surface area contributed by atoms with Gasteiger partial charge in [-0.2, -0.15) is 4.98 Å². The van der Waals surface area contributed by atoms with E-state index in [-0.39, 0.29) is 24.7 Å². The molecule has 0 saturated carbocycles. The molecule has 110 valence electrons. The zero-order valence-corrected chi connectivity index (χ0v) is 12.0. The quantitative estimate of drug-likeness (QED) is 0.842. The lowest BCUT2D eigenvalue weighted by Gasteiger charge is -2.21. The van der Waals surface area contributed by atoms with Crippen molar-refractivity contribution in [3.8, 4) is 0 Å². The summed E-state index contributed by atoms with van der Waals surface area (Å²) in [6.45, 7) is 0.0779. The van der Waals surface area contributed by atoms with E-state index in [1.54, 1.807) is 0 Å². The first kappa shape index (κ1) is 13.9. The molecule has 5 heteroatoms. The van der Waals surface area contributed by atoms with Crippen LogP contribution in [0.3, 0.4) is 0 Å². The topological polar surface area (TPSA) is 65.2 Å². The van der Waals surface area contributed by atoms with E-state index in [4.69, 9.17) is 9.26 Å². The molecule has 0 spiro atoms. The second kappa shape index (κ2) is 6.18. The molecular weight excluding hydrogens is 268 g/mol. The predicted molar refractivity (Wildman–Crippen MR) is 76.1 cm³/mol. The lowest BCUT2D eigenvalue weighted by Crippen LogP contribution is -2.14. The van der Waals surface area contributed by atoms with Gasteiger partial charge in [0.05, 0.1) is 6.42 Å². The minimum atomic E-state index is -0.0540. The third-order valence-electron chi connectivity index (χ3n) is 3.85. The van der Waals surface area contributed by atoms with Crippen LogP contribution >= 0.6 is 0 Å². The van der Waals surface area contributed by atoms with Crippen LogP contribution in [0, 0.1) is 0 Å². The molecule has 0 radical (unpaired) electrons. The Hall–Kier alpha value is -2.01. The molecule has 1 aliphatic carbocycles. The second-order valence-corrected chi connectivity index (χ2v) is 5.40. The number of carbonyl (C=O) groups is 1. The SMILES string of the molecule is COCC(=O)Cc1nc(C2CCc3ccccc3C2)no1. The molecule has 0 saturated heterocycles. The average Bonchev–Trinajstić information content (AvgIpc) is 2.95. The molecule has 1 unspecified atom stereocenters. The van der Waals surface area contributed by atoms with Crippen LogP contribution in [0.1, 0.15) is 35.2 Å². The van der Waals surface area contributed by atoms with Crippen molar-refractivity contribution in [1.29, 1.82) is 0 Å². The van der Waals surface area contributed by atoms with E-state index in [1.165, 1.54) is 18.2 Å². The van der Waals surface area contributed by atoms with Gasteiger partial charge in [0, 0.05) is 13.0 Å². The minimum absolute atomic E-state index is 0.0540. The van der Waals surface area contributed by atoms with E-state index in [9.17, 15) is 4.79 Å². The first-order valence-corrected chi connectivity index (χ1v) is 7.16. The van der Waals surface area contributed by atoms with Gasteiger partial charge in [-0.1, -0.05) is 29.4 Å². The Kier molecular flexibility index (Phi) is 4.10. The molecular formula is C16H18N2O3. The fraction of sp³-hybridized carbons (Fsp3) is 0.438. The first-order chi connectivity index (χ1) is 10.3. The minimum Gasteiger partial charge on any atom is -0.377 e. The fourth-order valence-corrected chi connectivity index (χ4v) is 2.80. The fourth-order valence-electron chi connectivity index (χ4n) is 2.80. The molecule has 1 heterocycles. The summed E-state index contributed by atoms with van der Waals surface area (Å²) in [5.41, 5.74) is 2.77. The summed E-state index contributed by atoms with van der Waals surface area (Å²) >= 11 is 0. The van der Waals surface area contributed by atoms with Crippen LogP contribution in [-0.4, -0.2) is 29.6 Å². The summed E-state index contributed by atoms with van der Waals surface area (Å²) in [4.78, 5) is 15.9. The summed E-state index contributed by atoms with van der Waals surface area (Å²) in [5, 5.41) is 4.05. The van der Waals surface area contributed by atoms with Crippen LogP contribution in [0.2, 0.25) is 0 Å². The molecule has 0 fully saturated rings. The summed E-state index contributed by atoms with van der Waals surface area (Å²) in [6.07, 6.45) is 3.13. The van der Waals surface area contributed by atoms with Crippen LogP contribution in [0.25, 0.3) is 0 Å². The highest BCUT2D eigenvalue weighted by molar-refractivity contribution is 5.81. The number of benzene rings is 1. The van der Waals surface area contributed by atoms with E-state index < -0.39 is 0 Å². The van der Waals surface area contributed by atoms with Crippen LogP contribution in [0.5, 0.6) is 0 Å². The Morgan fingerprint density at radius 2 is 2.19 bits per heavy atom. The highest BCUT2D eigenvalue weighted by Crippen LogP contribution is 2.31. The van der Waals surface area contributed by atoms with Crippen molar-refractivity contribution in [2.24, 2.45) is 0 Å². The van der Waals surface area contributed by atoms with E-state index in [2.05, 4.69) is 34.4 Å². The van der Waals surface area contributed by atoms with Crippen molar-refractivity contribution in [3.63, 3.8) is 0 Å². The van der Waals surface area contributed by atoms with Crippen molar-refractivity contribution in [3.05, 3.63) is 47.1 Å². The average molecular weight is 286 g/mol. The monoisotopic (exact) mass is 286 g/mol. The van der Waals surface area contributed by atoms with E-state index in [1.807, 2.05) is 0 Å². The standard InChI is InChI=1S/C16H18N2O3/c1-20-10-14(19)9-15-17-16(18-21-15)13-7-6-11-4-2-3-5-12(11)8-13/h2-5,13H,6-10H2,1H3. The van der Waals surface area contributed by atoms with Gasteiger partial charge in [-0.3, -0.25) is 4.79 Å². The number of ether oxygens (including phenoxy) is 1. The number of carbonyl (C=O) groups excluding carboxylic acids is 1. The Morgan fingerprint density at radius 3 is 3.00 bits per heavy atom. The molecule has 1 aromatic carbocycles. The van der Waals surface area contributed by atoms with Gasteiger partial charge >= 0.3 is 0 Å². The Balaban J connectivity index is 1.69. The number of ketones is 1. The largest absolute Gasteiger partial charge is 0.377 e. The number of Topliss-reactive ketones (excluding diaryl/α,β-unsaturated/α-hetero) is 1. The van der Waals surface area contributed by atoms with Gasteiger partial charge in [0.1, 0.15) is 6.61 Å². The molecule has 1 aliphatic rings. The van der Waals surface area contributed by atoms with Crippen molar-refractivity contribution in [2.75, 3.05) is 13.7 Å². The zero-order valence-electron chi connectivity index (χ0n) is 12.0. The van der Waals surface area contributed by atoms with Crippen molar-refractivity contribution in [1.82, 2.24) is 10.1 Å². The molecule has 1 aromatic heterocycles. The van der Waals surface area contributed by atoms with Crippen molar-refractivity contribution >= 4 is 5.78 Å². The number of hydrogen-bond acceptors (Lipinski definition) is 5. The van der Waals surface area contributed by atoms with Crippen LogP contribution < -0.4 is 0 Å². The first-order valence-electron chi connectivity index (χ1n) is 7.16. The van der Waals surface area contributed by atoms with Gasteiger partial charge in [0.2, 0.25) is 5.89 Å². The third-order valence-corrected chi connectivity index (χ3v) is 3.85. The van der Waals surface area contributed by atoms with Crippen LogP contribution in [0.15, 0.2) is 28.8 Å². The molecule has 0 N–H and O–H groups in total. The van der Waals surface area contributed by atoms with Gasteiger partial charge in [0.15, 0.2) is 11.6 Å². The zero-order chi connectivity index (χ0) is 14.7. The molecule has 1 atom stereocenters. The highest BCUT2D eigenvalue weighted by atomic mass is 16.5. The molecule has 0 aliphatic heterocycles. The van der Waals surface area contributed by atoms with Crippen molar-refractivity contribution in [2.45, 2.75) is 31.6 Å². The number of aryl methyl sites for hydroxylation is 1. The van der Waals surface area contributed by atoms with Crippen molar-refractivity contribution < 1.29 is 14.1 Å². The normalized spacial score (nSPS) is 17.5. The van der Waals surface area contributed by atoms with Gasteiger partial charge in [-0.05, 0) is 30.4 Å². The van der Waals surface area contributed by atoms with Gasteiger partial charge in [-0.25, -0.2) is 0 Å². The summed E-state index contributed by atoms with van der Waals surface area (Å²) < 4.78 is 9.98. The van der Waals surface area contributed by atoms with E-state index in [0.717, 1.165) is 19.3 Å². The van der Waals surface area contributed by atoms with Crippen LogP contribution in [-0.2, 0) is 28.8 Å². The summed E-state index contributed by atoms with van der Waals surface area (Å²) in [6, 6.07) is 8.47. The molecule has 3 rings (SSSR count). The maximum absolute atomic E-state index is 11.5. The van der Waals surface area contributed by atoms with E-state index in [0.29, 0.717) is 11.7 Å². The molecule has 21 heavy (non-hydrogen) atoms. The van der Waals surface area contributed by atoms with Gasteiger partial charge < -0.3 is 9.26 Å². The highest BCUT2D eigenvalue weighted by Gasteiger charge is 2.24. The predicted octanol–water partition coefficient (Wildman–Crippen LogP) is 2.10. The number of fused-ring (bicyclic) bond motifs is 1. The summed E-state index contributed by atoms with van der Waals surface area (Å²) in [5.74, 6) is 1.31. The van der Waals surface area contributed by atoms with Gasteiger partial charge in [0.25, 0.3) is 0 Å². The third kappa shape index (κ3) is 3.19. The number of rotatable bonds is 5. The maximum atomic E-state index is 11.5. The Bertz CT molecular complexity index is 636. The number of methoxy groups -OCH3 is 1. The lowest BCUT2D eigenvalue weighted by molar-refractivity contribution is -0.122. The number of hydrogen-bond donors (Lipinski definition) is 0. The molecule has 0 amide bonds. The van der Waals surface area contributed by atoms with Gasteiger partial charge in [-0.15, -0.1) is 0 Å². The molecule has 0 bridgehead atoms. The maximum Gasteiger partial charge on any atom is 0.234 e. The number of nitrogens with zero attached hydrogens (tertiary/aromatic N) is 2. The molecule has 2 aromatic rings. The van der Waals surface area contributed by atoms with E-state index >= 15 is 0 Å². The van der Waals surface area contributed by atoms with Crippen LogP contribution in [0.4, 0.5) is 0 Å². The number of aromatic nitrogens is 2. The Labute approximate surface area is 123 Å². The smallest absolute Gasteiger partial charge is 0.234 e. The summed E-state index contributed by atoms with van der Waals surface area (Å²) in [7, 11) is 1.50. The second-order valence-electron chi connectivity index (χ2n) is 5.40. The molecule has 5 nitrogen and oxygen atoms in total. The Morgan fingerprint density at radius 1 is 1.38 bits per heavy atom. The lowest BCUT2D eigenvalue weighted by atomic mass is 9.83.